The monoisotopic (exact) mass is 232 g/mol. The predicted molar refractivity (Wildman–Crippen MR) is 49.9 cm³/mol. The maximum Gasteiger partial charge on any atom is 0.131 e. The first-order valence-corrected chi connectivity index (χ1v) is 4.49. The molecule has 66 valence electrons. The van der Waals surface area contributed by atoms with Crippen LogP contribution in [0.1, 0.15) is 25.3 Å². The number of hydrogen-bond donors (Lipinski definition) is 1. The van der Waals surface area contributed by atoms with Crippen LogP contribution < -0.4 is 0 Å². The summed E-state index contributed by atoms with van der Waals surface area (Å²) < 4.78 is 13.7. The molecule has 1 aromatic carbocycles. The average Bonchev–Trinajstić information content (AvgIpc) is 1.82. The maximum atomic E-state index is 13.2. The van der Waals surface area contributed by atoms with Crippen LogP contribution in [0.2, 0.25) is 0 Å². The normalized spacial score (nSPS) is 10.8. The molecule has 0 fully saturated rings. The van der Waals surface area contributed by atoms with E-state index in [2.05, 4.69) is 15.9 Å². The molecule has 0 atom stereocenters. The SMILES string of the molecule is CC(C)c1c(O)cc(Br)cc1F. The first kappa shape index (κ1) is 9.52. The van der Waals surface area contributed by atoms with Crippen molar-refractivity contribution in [1.82, 2.24) is 0 Å². The molecule has 0 radical (unpaired) electrons. The van der Waals surface area contributed by atoms with Crippen LogP contribution in [0.15, 0.2) is 16.6 Å². The highest BCUT2D eigenvalue weighted by molar-refractivity contribution is 9.10. The number of halogens is 2. The summed E-state index contributed by atoms with van der Waals surface area (Å²) in [6, 6.07) is 2.85. The van der Waals surface area contributed by atoms with E-state index in [0.717, 1.165) is 0 Å². The van der Waals surface area contributed by atoms with Crippen molar-refractivity contribution in [1.29, 1.82) is 0 Å². The van der Waals surface area contributed by atoms with Gasteiger partial charge in [-0.05, 0) is 18.1 Å². The molecular formula is C9H10BrFO. The summed E-state index contributed by atoms with van der Waals surface area (Å²) in [6.45, 7) is 3.68. The van der Waals surface area contributed by atoms with E-state index < -0.39 is 0 Å². The lowest BCUT2D eigenvalue weighted by Crippen LogP contribution is -1.93. The molecule has 0 bridgehead atoms. The molecule has 1 aromatic rings. The number of phenolic OH excluding ortho intramolecular Hbond substituents is 1. The first-order chi connectivity index (χ1) is 5.52. The van der Waals surface area contributed by atoms with Gasteiger partial charge >= 0.3 is 0 Å². The zero-order chi connectivity index (χ0) is 9.30. The second-order valence-corrected chi connectivity index (χ2v) is 3.89. The molecule has 1 N–H and O–H groups in total. The molecule has 0 saturated heterocycles. The average molecular weight is 233 g/mol. The van der Waals surface area contributed by atoms with E-state index >= 15 is 0 Å². The molecule has 0 amide bonds. The Morgan fingerprint density at radius 2 is 2.00 bits per heavy atom. The van der Waals surface area contributed by atoms with Gasteiger partial charge in [0.2, 0.25) is 0 Å². The third kappa shape index (κ3) is 1.78. The highest BCUT2D eigenvalue weighted by Crippen LogP contribution is 2.31. The van der Waals surface area contributed by atoms with E-state index in [1.807, 2.05) is 13.8 Å². The van der Waals surface area contributed by atoms with Gasteiger partial charge in [0, 0.05) is 10.0 Å². The molecule has 0 spiro atoms. The fourth-order valence-corrected chi connectivity index (χ4v) is 1.56. The van der Waals surface area contributed by atoms with Gasteiger partial charge in [-0.3, -0.25) is 0 Å². The van der Waals surface area contributed by atoms with Gasteiger partial charge in [-0.2, -0.15) is 0 Å². The molecule has 3 heteroatoms. The Morgan fingerprint density at radius 1 is 1.42 bits per heavy atom. The number of rotatable bonds is 1. The lowest BCUT2D eigenvalue weighted by molar-refractivity contribution is 0.453. The highest BCUT2D eigenvalue weighted by Gasteiger charge is 2.12. The van der Waals surface area contributed by atoms with Gasteiger partial charge in [0.15, 0.2) is 0 Å². The van der Waals surface area contributed by atoms with Crippen molar-refractivity contribution in [3.63, 3.8) is 0 Å². The zero-order valence-corrected chi connectivity index (χ0v) is 8.52. The Morgan fingerprint density at radius 3 is 2.42 bits per heavy atom. The lowest BCUT2D eigenvalue weighted by Gasteiger charge is -2.09. The summed E-state index contributed by atoms with van der Waals surface area (Å²) in [7, 11) is 0. The van der Waals surface area contributed by atoms with Crippen LogP contribution in [0.25, 0.3) is 0 Å². The molecular weight excluding hydrogens is 223 g/mol. The summed E-state index contributed by atoms with van der Waals surface area (Å²) in [4.78, 5) is 0. The smallest absolute Gasteiger partial charge is 0.131 e. The fourth-order valence-electron chi connectivity index (χ4n) is 1.14. The molecule has 1 rings (SSSR count). The Labute approximate surface area is 79.4 Å². The zero-order valence-electron chi connectivity index (χ0n) is 6.94. The minimum absolute atomic E-state index is 0.00176. The third-order valence-corrected chi connectivity index (χ3v) is 2.11. The van der Waals surface area contributed by atoms with Gasteiger partial charge in [-0.25, -0.2) is 4.39 Å². The Bertz CT molecular complexity index is 274. The van der Waals surface area contributed by atoms with Gasteiger partial charge < -0.3 is 5.11 Å². The van der Waals surface area contributed by atoms with Crippen LogP contribution in [0.5, 0.6) is 5.75 Å². The van der Waals surface area contributed by atoms with Crippen LogP contribution in [0.3, 0.4) is 0 Å². The van der Waals surface area contributed by atoms with E-state index in [0.29, 0.717) is 10.0 Å². The van der Waals surface area contributed by atoms with Crippen molar-refractivity contribution in [2.45, 2.75) is 19.8 Å². The van der Waals surface area contributed by atoms with Crippen molar-refractivity contribution in [2.24, 2.45) is 0 Å². The molecule has 1 nitrogen and oxygen atoms in total. The predicted octanol–water partition coefficient (Wildman–Crippen LogP) is 3.42. The Hall–Kier alpha value is -0.570. The van der Waals surface area contributed by atoms with E-state index in [-0.39, 0.29) is 17.5 Å². The summed E-state index contributed by atoms with van der Waals surface area (Å²) in [6.07, 6.45) is 0. The molecule has 0 heterocycles. The largest absolute Gasteiger partial charge is 0.508 e. The Kier molecular flexibility index (Phi) is 2.73. The summed E-state index contributed by atoms with van der Waals surface area (Å²) >= 11 is 3.10. The number of aromatic hydroxyl groups is 1. The van der Waals surface area contributed by atoms with E-state index in [1.54, 1.807) is 0 Å². The molecule has 0 aromatic heterocycles. The van der Waals surface area contributed by atoms with Crippen molar-refractivity contribution < 1.29 is 9.50 Å². The summed E-state index contributed by atoms with van der Waals surface area (Å²) in [5, 5.41) is 9.37. The van der Waals surface area contributed by atoms with E-state index in [4.69, 9.17) is 0 Å². The molecule has 0 aliphatic heterocycles. The van der Waals surface area contributed by atoms with Gasteiger partial charge in [0.05, 0.1) is 0 Å². The number of benzene rings is 1. The molecule has 0 aliphatic carbocycles. The van der Waals surface area contributed by atoms with E-state index in [9.17, 15) is 9.50 Å². The topological polar surface area (TPSA) is 20.2 Å². The third-order valence-electron chi connectivity index (χ3n) is 1.65. The molecule has 0 aliphatic rings. The lowest BCUT2D eigenvalue weighted by atomic mass is 10.0. The van der Waals surface area contributed by atoms with Gasteiger partial charge in [-0.15, -0.1) is 0 Å². The highest BCUT2D eigenvalue weighted by atomic mass is 79.9. The number of phenols is 1. The van der Waals surface area contributed by atoms with Crippen LogP contribution >= 0.6 is 15.9 Å². The van der Waals surface area contributed by atoms with Crippen LogP contribution in [-0.4, -0.2) is 5.11 Å². The van der Waals surface area contributed by atoms with Crippen LogP contribution in [-0.2, 0) is 0 Å². The van der Waals surface area contributed by atoms with Crippen molar-refractivity contribution in [3.8, 4) is 5.75 Å². The second-order valence-electron chi connectivity index (χ2n) is 2.98. The van der Waals surface area contributed by atoms with Crippen molar-refractivity contribution in [3.05, 3.63) is 28.0 Å². The van der Waals surface area contributed by atoms with Crippen LogP contribution in [0.4, 0.5) is 4.39 Å². The maximum absolute atomic E-state index is 13.2. The standard InChI is InChI=1S/C9H10BrFO/c1-5(2)9-7(11)3-6(10)4-8(9)12/h3-5,12H,1-2H3. The second kappa shape index (κ2) is 3.44. The summed E-state index contributed by atoms with van der Waals surface area (Å²) in [5.41, 5.74) is 0.373. The van der Waals surface area contributed by atoms with Gasteiger partial charge in [0.1, 0.15) is 11.6 Å². The van der Waals surface area contributed by atoms with Crippen molar-refractivity contribution in [2.75, 3.05) is 0 Å². The Balaban J connectivity index is 3.28. The quantitative estimate of drug-likeness (QED) is 0.787. The fraction of sp³-hybridized carbons (Fsp3) is 0.333. The minimum Gasteiger partial charge on any atom is -0.508 e. The van der Waals surface area contributed by atoms with Crippen molar-refractivity contribution >= 4 is 15.9 Å². The molecule has 0 unspecified atom stereocenters. The summed E-state index contributed by atoms with van der Waals surface area (Å²) in [5.74, 6) is -0.355. The molecule has 0 saturated carbocycles. The minimum atomic E-state index is -0.364. The number of hydrogen-bond acceptors (Lipinski definition) is 1. The molecule has 12 heavy (non-hydrogen) atoms. The van der Waals surface area contributed by atoms with E-state index in [1.165, 1.54) is 12.1 Å². The van der Waals surface area contributed by atoms with Crippen LogP contribution in [0, 0.1) is 5.82 Å². The van der Waals surface area contributed by atoms with Gasteiger partial charge in [0.25, 0.3) is 0 Å². The first-order valence-electron chi connectivity index (χ1n) is 3.70. The van der Waals surface area contributed by atoms with Gasteiger partial charge in [-0.1, -0.05) is 29.8 Å².